The van der Waals surface area contributed by atoms with E-state index in [1.54, 1.807) is 6.07 Å². The van der Waals surface area contributed by atoms with E-state index in [1.165, 1.54) is 31.5 Å². The van der Waals surface area contributed by atoms with Gasteiger partial charge in [-0.05, 0) is 37.3 Å². The minimum atomic E-state index is -1.20. The number of nitro benzene ring substituents is 1. The Bertz CT molecular complexity index is 1090. The molecule has 1 amide bonds. The van der Waals surface area contributed by atoms with Gasteiger partial charge in [0, 0.05) is 24.1 Å². The van der Waals surface area contributed by atoms with Gasteiger partial charge in [-0.1, -0.05) is 0 Å². The first-order chi connectivity index (χ1) is 13.3. The summed E-state index contributed by atoms with van der Waals surface area (Å²) in [5, 5.41) is 13.1. The van der Waals surface area contributed by atoms with E-state index in [0.717, 1.165) is 18.2 Å². The highest BCUT2D eigenvalue weighted by Crippen LogP contribution is 2.22. The van der Waals surface area contributed by atoms with Crippen LogP contribution < -0.4 is 5.32 Å². The number of ether oxygens (including phenoxy) is 1. The maximum atomic E-state index is 13.4. The van der Waals surface area contributed by atoms with Gasteiger partial charge in [0.05, 0.1) is 21.5 Å². The normalized spacial score (nSPS) is 11.6. The number of nitro groups is 1. The third-order valence-electron chi connectivity index (χ3n) is 3.77. The number of halogens is 1. The molecule has 1 heterocycles. The molecule has 2 aromatic carbocycles. The van der Waals surface area contributed by atoms with Crippen molar-refractivity contribution in [2.45, 2.75) is 13.0 Å². The standard InChI is InChI=1S/C18H13FN4O5/c1-10(17(24)22-12-3-4-13(19)16(9-12)23(26)27)28-18(25)11-2-5-14-15(8-11)21-7-6-20-14/h2-10H,1H3,(H,22,24)/t10-/m1/s1. The van der Waals surface area contributed by atoms with Crippen LogP contribution in [0.25, 0.3) is 11.0 Å². The maximum Gasteiger partial charge on any atom is 0.338 e. The van der Waals surface area contributed by atoms with Gasteiger partial charge in [-0.15, -0.1) is 0 Å². The zero-order valence-electron chi connectivity index (χ0n) is 14.5. The molecular weight excluding hydrogens is 371 g/mol. The van der Waals surface area contributed by atoms with Crippen LogP contribution in [0.5, 0.6) is 0 Å². The van der Waals surface area contributed by atoms with Crippen LogP contribution in [0.3, 0.4) is 0 Å². The van der Waals surface area contributed by atoms with Gasteiger partial charge in [0.2, 0.25) is 5.82 Å². The fourth-order valence-electron chi connectivity index (χ4n) is 2.35. The van der Waals surface area contributed by atoms with Crippen molar-refractivity contribution in [2.24, 2.45) is 0 Å². The molecule has 0 spiro atoms. The summed E-state index contributed by atoms with van der Waals surface area (Å²) in [6.45, 7) is 1.34. The molecular formula is C18H13FN4O5. The zero-order chi connectivity index (χ0) is 20.3. The number of amides is 1. The Balaban J connectivity index is 1.68. The summed E-state index contributed by atoms with van der Waals surface area (Å²) < 4.78 is 18.5. The molecule has 0 bridgehead atoms. The number of esters is 1. The van der Waals surface area contributed by atoms with Gasteiger partial charge in [0.25, 0.3) is 5.91 Å². The lowest BCUT2D eigenvalue weighted by molar-refractivity contribution is -0.387. The zero-order valence-corrected chi connectivity index (χ0v) is 14.5. The van der Waals surface area contributed by atoms with Crippen molar-refractivity contribution >= 4 is 34.3 Å². The van der Waals surface area contributed by atoms with Crippen LogP contribution in [0, 0.1) is 15.9 Å². The van der Waals surface area contributed by atoms with E-state index in [-0.39, 0.29) is 11.3 Å². The minimum absolute atomic E-state index is 0.00183. The maximum absolute atomic E-state index is 13.4. The number of anilines is 1. The minimum Gasteiger partial charge on any atom is -0.449 e. The lowest BCUT2D eigenvalue weighted by Crippen LogP contribution is -2.30. The molecule has 10 heteroatoms. The van der Waals surface area contributed by atoms with Crippen molar-refractivity contribution in [1.82, 2.24) is 9.97 Å². The highest BCUT2D eigenvalue weighted by Gasteiger charge is 2.21. The van der Waals surface area contributed by atoms with Crippen molar-refractivity contribution in [2.75, 3.05) is 5.32 Å². The Kier molecular flexibility index (Phi) is 5.21. The van der Waals surface area contributed by atoms with Gasteiger partial charge in [0.15, 0.2) is 6.10 Å². The van der Waals surface area contributed by atoms with E-state index in [1.807, 2.05) is 0 Å². The number of hydrogen-bond donors (Lipinski definition) is 1. The van der Waals surface area contributed by atoms with Crippen LogP contribution in [-0.4, -0.2) is 32.9 Å². The fraction of sp³-hybridized carbons (Fsp3) is 0.111. The number of aromatic nitrogens is 2. The van der Waals surface area contributed by atoms with E-state index in [0.29, 0.717) is 11.0 Å². The van der Waals surface area contributed by atoms with Gasteiger partial charge in [-0.2, -0.15) is 4.39 Å². The quantitative estimate of drug-likeness (QED) is 0.407. The second-order valence-corrected chi connectivity index (χ2v) is 5.72. The monoisotopic (exact) mass is 384 g/mol. The molecule has 1 atom stereocenters. The van der Waals surface area contributed by atoms with Crippen molar-refractivity contribution in [1.29, 1.82) is 0 Å². The number of carbonyl (C=O) groups is 2. The van der Waals surface area contributed by atoms with Gasteiger partial charge in [-0.25, -0.2) is 4.79 Å². The number of fused-ring (bicyclic) bond motifs is 1. The van der Waals surface area contributed by atoms with E-state index >= 15 is 0 Å². The number of hydrogen-bond acceptors (Lipinski definition) is 7. The molecule has 0 radical (unpaired) electrons. The molecule has 9 nitrogen and oxygen atoms in total. The summed E-state index contributed by atoms with van der Waals surface area (Å²) in [7, 11) is 0. The summed E-state index contributed by atoms with van der Waals surface area (Å²) in [4.78, 5) is 42.5. The molecule has 0 saturated heterocycles. The number of carbonyl (C=O) groups excluding carboxylic acids is 2. The summed E-state index contributed by atoms with van der Waals surface area (Å²) in [5.74, 6) is -2.50. The Morgan fingerprint density at radius 3 is 2.57 bits per heavy atom. The smallest absolute Gasteiger partial charge is 0.338 e. The molecule has 1 N–H and O–H groups in total. The number of nitrogens with one attached hydrogen (secondary N) is 1. The first kappa shape index (κ1) is 18.8. The van der Waals surface area contributed by atoms with Gasteiger partial charge < -0.3 is 10.1 Å². The molecule has 142 valence electrons. The summed E-state index contributed by atoms with van der Waals surface area (Å²) in [5.41, 5.74) is 0.502. The van der Waals surface area contributed by atoms with E-state index in [4.69, 9.17) is 4.74 Å². The lowest BCUT2D eigenvalue weighted by Gasteiger charge is -2.13. The van der Waals surface area contributed by atoms with Crippen LogP contribution in [0.2, 0.25) is 0 Å². The average molecular weight is 384 g/mol. The van der Waals surface area contributed by atoms with E-state index in [2.05, 4.69) is 15.3 Å². The largest absolute Gasteiger partial charge is 0.449 e. The number of benzene rings is 2. The summed E-state index contributed by atoms with van der Waals surface area (Å²) in [6, 6.07) is 7.48. The van der Waals surface area contributed by atoms with Crippen LogP contribution >= 0.6 is 0 Å². The predicted molar refractivity (Wildman–Crippen MR) is 96.1 cm³/mol. The van der Waals surface area contributed by atoms with Crippen molar-refractivity contribution in [3.8, 4) is 0 Å². The third kappa shape index (κ3) is 4.06. The van der Waals surface area contributed by atoms with Crippen molar-refractivity contribution in [3.63, 3.8) is 0 Å². The Labute approximate surface area is 157 Å². The van der Waals surface area contributed by atoms with E-state index < -0.39 is 34.4 Å². The summed E-state index contributed by atoms with van der Waals surface area (Å²) in [6.07, 6.45) is 1.80. The lowest BCUT2D eigenvalue weighted by atomic mass is 10.2. The van der Waals surface area contributed by atoms with Crippen LogP contribution in [0.1, 0.15) is 17.3 Å². The molecule has 3 rings (SSSR count). The average Bonchev–Trinajstić information content (AvgIpc) is 2.68. The van der Waals surface area contributed by atoms with Crippen molar-refractivity contribution < 1.29 is 23.6 Å². The molecule has 1 aromatic heterocycles. The summed E-state index contributed by atoms with van der Waals surface area (Å²) >= 11 is 0. The Morgan fingerprint density at radius 2 is 1.86 bits per heavy atom. The molecule has 0 aliphatic carbocycles. The number of rotatable bonds is 5. The van der Waals surface area contributed by atoms with Gasteiger partial charge in [-0.3, -0.25) is 24.9 Å². The van der Waals surface area contributed by atoms with Crippen molar-refractivity contribution in [3.05, 3.63) is 70.3 Å². The van der Waals surface area contributed by atoms with Gasteiger partial charge in [0.1, 0.15) is 0 Å². The fourth-order valence-corrected chi connectivity index (χ4v) is 2.35. The molecule has 0 aliphatic heterocycles. The SMILES string of the molecule is C[C@@H](OC(=O)c1ccc2nccnc2c1)C(=O)Nc1ccc(F)c([N+](=O)[O-])c1. The Hall–Kier alpha value is -3.95. The van der Waals surface area contributed by atoms with Gasteiger partial charge >= 0.3 is 11.7 Å². The highest BCUT2D eigenvalue weighted by atomic mass is 19.1. The second kappa shape index (κ2) is 7.74. The molecule has 28 heavy (non-hydrogen) atoms. The highest BCUT2D eigenvalue weighted by molar-refractivity contribution is 5.98. The molecule has 0 fully saturated rings. The third-order valence-corrected chi connectivity index (χ3v) is 3.77. The molecule has 3 aromatic rings. The first-order valence-corrected chi connectivity index (χ1v) is 8.01. The van der Waals surface area contributed by atoms with Crippen LogP contribution in [0.4, 0.5) is 15.8 Å². The van der Waals surface area contributed by atoms with Crippen LogP contribution in [0.15, 0.2) is 48.8 Å². The van der Waals surface area contributed by atoms with E-state index in [9.17, 15) is 24.1 Å². The number of nitrogens with zero attached hydrogens (tertiary/aromatic N) is 3. The van der Waals surface area contributed by atoms with Crippen LogP contribution in [-0.2, 0) is 9.53 Å². The molecule has 0 saturated carbocycles. The molecule has 0 unspecified atom stereocenters. The Morgan fingerprint density at radius 1 is 1.14 bits per heavy atom. The topological polar surface area (TPSA) is 124 Å². The molecule has 0 aliphatic rings. The second-order valence-electron chi connectivity index (χ2n) is 5.72. The first-order valence-electron chi connectivity index (χ1n) is 8.01. The predicted octanol–water partition coefficient (Wildman–Crippen LogP) is 2.86.